The zero-order valence-corrected chi connectivity index (χ0v) is 11.5. The Morgan fingerprint density at radius 3 is 2.33 bits per heavy atom. The predicted octanol–water partition coefficient (Wildman–Crippen LogP) is 3.60. The molecule has 1 aliphatic heterocycles. The van der Waals surface area contributed by atoms with Gasteiger partial charge >= 0.3 is 0 Å². The molecular formula is C13H27NS. The number of rotatable bonds is 5. The maximum atomic E-state index is 4.48. The first-order valence-electron chi connectivity index (χ1n) is 6.55. The van der Waals surface area contributed by atoms with E-state index in [1.54, 1.807) is 0 Å². The van der Waals surface area contributed by atoms with Crippen molar-refractivity contribution in [3.8, 4) is 0 Å². The zero-order valence-electron chi connectivity index (χ0n) is 10.6. The van der Waals surface area contributed by atoms with Crippen LogP contribution in [0.4, 0.5) is 0 Å². The first-order valence-corrected chi connectivity index (χ1v) is 7.18. The van der Waals surface area contributed by atoms with Crippen LogP contribution in [0, 0.1) is 5.92 Å². The molecule has 0 saturated carbocycles. The van der Waals surface area contributed by atoms with Crippen LogP contribution in [0.5, 0.6) is 0 Å². The van der Waals surface area contributed by atoms with Gasteiger partial charge in [0.05, 0.1) is 0 Å². The highest BCUT2D eigenvalue weighted by Gasteiger charge is 2.26. The molecule has 2 heteroatoms. The van der Waals surface area contributed by atoms with Gasteiger partial charge in [0.1, 0.15) is 0 Å². The second-order valence-electron chi connectivity index (χ2n) is 5.16. The fraction of sp³-hybridized carbons (Fsp3) is 1.00. The molecule has 15 heavy (non-hydrogen) atoms. The van der Waals surface area contributed by atoms with Crippen molar-refractivity contribution in [2.45, 2.75) is 65.0 Å². The smallest absolute Gasteiger partial charge is 0.00698 e. The lowest BCUT2D eigenvalue weighted by atomic mass is 9.95. The monoisotopic (exact) mass is 229 g/mol. The van der Waals surface area contributed by atoms with E-state index in [-0.39, 0.29) is 0 Å². The third-order valence-electron chi connectivity index (χ3n) is 3.80. The van der Waals surface area contributed by atoms with Gasteiger partial charge < -0.3 is 0 Å². The maximum absolute atomic E-state index is 4.48. The summed E-state index contributed by atoms with van der Waals surface area (Å²) in [6.07, 6.45) is 6.81. The third kappa shape index (κ3) is 3.99. The summed E-state index contributed by atoms with van der Waals surface area (Å²) >= 11 is 4.48. The number of hydrogen-bond acceptors (Lipinski definition) is 2. The maximum Gasteiger partial charge on any atom is 0.00698 e. The molecule has 1 nitrogen and oxygen atoms in total. The molecule has 1 fully saturated rings. The Morgan fingerprint density at radius 2 is 1.87 bits per heavy atom. The van der Waals surface area contributed by atoms with Gasteiger partial charge in [-0.05, 0) is 44.8 Å². The molecule has 0 N–H and O–H groups in total. The van der Waals surface area contributed by atoms with Crippen molar-refractivity contribution < 1.29 is 0 Å². The summed E-state index contributed by atoms with van der Waals surface area (Å²) in [7, 11) is 0. The van der Waals surface area contributed by atoms with E-state index in [9.17, 15) is 0 Å². The topological polar surface area (TPSA) is 3.24 Å². The van der Waals surface area contributed by atoms with E-state index >= 15 is 0 Å². The van der Waals surface area contributed by atoms with Crippen molar-refractivity contribution in [1.29, 1.82) is 0 Å². The lowest BCUT2D eigenvalue weighted by molar-refractivity contribution is 0.0861. The van der Waals surface area contributed by atoms with E-state index in [1.165, 1.54) is 38.6 Å². The van der Waals surface area contributed by atoms with Gasteiger partial charge in [-0.2, -0.15) is 12.6 Å². The molecule has 1 saturated heterocycles. The second kappa shape index (κ2) is 6.80. The average Bonchev–Trinajstić information content (AvgIpc) is 2.22. The highest BCUT2D eigenvalue weighted by atomic mass is 32.1. The van der Waals surface area contributed by atoms with Crippen molar-refractivity contribution in [1.82, 2.24) is 4.90 Å². The van der Waals surface area contributed by atoms with Crippen molar-refractivity contribution in [3.63, 3.8) is 0 Å². The van der Waals surface area contributed by atoms with Gasteiger partial charge in [0, 0.05) is 18.6 Å². The molecule has 0 radical (unpaired) electrons. The van der Waals surface area contributed by atoms with Crippen molar-refractivity contribution >= 4 is 12.6 Å². The molecule has 0 amide bonds. The molecule has 90 valence electrons. The lowest BCUT2D eigenvalue weighted by Gasteiger charge is -2.40. The van der Waals surface area contributed by atoms with Crippen LogP contribution in [-0.4, -0.2) is 29.3 Å². The lowest BCUT2D eigenvalue weighted by Crippen LogP contribution is -2.46. The standard InChI is InChI=1S/C13H27NS/c1-4-6-13(10-15)9-14-11(2)7-5-8-12(14)3/h11-13,15H,4-10H2,1-3H3. The Hall–Kier alpha value is 0.310. The van der Waals surface area contributed by atoms with Crippen molar-refractivity contribution in [2.75, 3.05) is 12.3 Å². The van der Waals surface area contributed by atoms with Gasteiger partial charge in [-0.1, -0.05) is 19.8 Å². The Balaban J connectivity index is 2.45. The molecule has 0 bridgehead atoms. The number of likely N-dealkylation sites (tertiary alicyclic amines) is 1. The molecule has 3 atom stereocenters. The van der Waals surface area contributed by atoms with E-state index in [4.69, 9.17) is 0 Å². The summed E-state index contributed by atoms with van der Waals surface area (Å²) in [6, 6.07) is 1.57. The van der Waals surface area contributed by atoms with Crippen LogP contribution in [-0.2, 0) is 0 Å². The molecule has 0 aromatic heterocycles. The van der Waals surface area contributed by atoms with Gasteiger partial charge in [0.25, 0.3) is 0 Å². The molecule has 0 aliphatic carbocycles. The van der Waals surface area contributed by atoms with Crippen LogP contribution in [0.1, 0.15) is 52.9 Å². The molecule has 0 aromatic rings. The minimum atomic E-state index is 0.785. The Morgan fingerprint density at radius 1 is 1.27 bits per heavy atom. The molecular weight excluding hydrogens is 202 g/mol. The molecule has 0 spiro atoms. The number of piperidine rings is 1. The predicted molar refractivity (Wildman–Crippen MR) is 71.7 cm³/mol. The first-order chi connectivity index (χ1) is 7.19. The summed E-state index contributed by atoms with van der Waals surface area (Å²) in [4.78, 5) is 2.71. The number of nitrogens with zero attached hydrogens (tertiary/aromatic N) is 1. The fourth-order valence-corrected chi connectivity index (χ4v) is 3.08. The summed E-state index contributed by atoms with van der Waals surface area (Å²) in [5.74, 6) is 1.84. The van der Waals surface area contributed by atoms with E-state index in [1.807, 2.05) is 0 Å². The van der Waals surface area contributed by atoms with E-state index in [0.29, 0.717) is 0 Å². The van der Waals surface area contributed by atoms with Crippen molar-refractivity contribution in [3.05, 3.63) is 0 Å². The van der Waals surface area contributed by atoms with Crippen LogP contribution in [0.25, 0.3) is 0 Å². The Kier molecular flexibility index (Phi) is 6.06. The zero-order chi connectivity index (χ0) is 11.3. The third-order valence-corrected chi connectivity index (χ3v) is 4.32. The minimum absolute atomic E-state index is 0.785. The SMILES string of the molecule is CCCC(CS)CN1C(C)CCCC1C. The molecule has 0 aromatic carbocycles. The average molecular weight is 229 g/mol. The fourth-order valence-electron chi connectivity index (χ4n) is 2.78. The van der Waals surface area contributed by atoms with Crippen molar-refractivity contribution in [2.24, 2.45) is 5.92 Å². The Bertz CT molecular complexity index is 162. The normalized spacial score (nSPS) is 30.4. The van der Waals surface area contributed by atoms with Gasteiger partial charge in [-0.25, -0.2) is 0 Å². The largest absolute Gasteiger partial charge is 0.298 e. The van der Waals surface area contributed by atoms with E-state index < -0.39 is 0 Å². The van der Waals surface area contributed by atoms with Crippen LogP contribution in [0.3, 0.4) is 0 Å². The minimum Gasteiger partial charge on any atom is -0.298 e. The van der Waals surface area contributed by atoms with E-state index in [0.717, 1.165) is 23.8 Å². The number of thiol groups is 1. The van der Waals surface area contributed by atoms with Gasteiger partial charge in [0.2, 0.25) is 0 Å². The van der Waals surface area contributed by atoms with Crippen LogP contribution < -0.4 is 0 Å². The summed E-state index contributed by atoms with van der Waals surface area (Å²) in [5, 5.41) is 0. The summed E-state index contributed by atoms with van der Waals surface area (Å²) in [5.41, 5.74) is 0. The second-order valence-corrected chi connectivity index (χ2v) is 5.53. The van der Waals surface area contributed by atoms with Crippen LogP contribution in [0.15, 0.2) is 0 Å². The highest BCUT2D eigenvalue weighted by molar-refractivity contribution is 7.80. The summed E-state index contributed by atoms with van der Waals surface area (Å²) < 4.78 is 0. The van der Waals surface area contributed by atoms with Gasteiger partial charge in [-0.3, -0.25) is 4.90 Å². The summed E-state index contributed by atoms with van der Waals surface area (Å²) in [6.45, 7) is 8.31. The van der Waals surface area contributed by atoms with Gasteiger partial charge in [0.15, 0.2) is 0 Å². The van der Waals surface area contributed by atoms with E-state index in [2.05, 4.69) is 38.3 Å². The first kappa shape index (κ1) is 13.4. The number of hydrogen-bond donors (Lipinski definition) is 1. The highest BCUT2D eigenvalue weighted by Crippen LogP contribution is 2.24. The molecule has 3 unspecified atom stereocenters. The van der Waals surface area contributed by atoms with Crippen LogP contribution >= 0.6 is 12.6 Å². The van der Waals surface area contributed by atoms with Crippen LogP contribution in [0.2, 0.25) is 0 Å². The quantitative estimate of drug-likeness (QED) is 0.705. The molecule has 1 heterocycles. The van der Waals surface area contributed by atoms with Gasteiger partial charge in [-0.15, -0.1) is 0 Å². The molecule has 1 aliphatic rings. The Labute approximate surface area is 101 Å². The molecule has 1 rings (SSSR count).